The molecule has 0 radical (unpaired) electrons. The molecule has 4 heteroatoms. The minimum absolute atomic E-state index is 0.254. The van der Waals surface area contributed by atoms with Gasteiger partial charge in [0.05, 0.1) is 0 Å². The van der Waals surface area contributed by atoms with Crippen molar-refractivity contribution in [1.82, 2.24) is 10.6 Å². The third-order valence-corrected chi connectivity index (χ3v) is 3.79. The zero-order valence-corrected chi connectivity index (χ0v) is 11.7. The van der Waals surface area contributed by atoms with Gasteiger partial charge < -0.3 is 20.1 Å². The quantitative estimate of drug-likeness (QED) is 0.870. The van der Waals surface area contributed by atoms with E-state index in [-0.39, 0.29) is 5.54 Å². The van der Waals surface area contributed by atoms with Crippen LogP contribution in [0, 0.1) is 0 Å². The van der Waals surface area contributed by atoms with Crippen LogP contribution in [0.25, 0.3) is 0 Å². The van der Waals surface area contributed by atoms with E-state index in [9.17, 15) is 0 Å². The van der Waals surface area contributed by atoms with E-state index < -0.39 is 0 Å². The first-order chi connectivity index (χ1) is 9.12. The molecule has 0 spiro atoms. The first-order valence-electron chi connectivity index (χ1n) is 6.99. The van der Waals surface area contributed by atoms with Crippen LogP contribution in [0.5, 0.6) is 11.5 Å². The van der Waals surface area contributed by atoms with Crippen molar-refractivity contribution < 1.29 is 9.47 Å². The Morgan fingerprint density at radius 3 is 2.79 bits per heavy atom. The summed E-state index contributed by atoms with van der Waals surface area (Å²) >= 11 is 0. The van der Waals surface area contributed by atoms with Crippen molar-refractivity contribution in [3.63, 3.8) is 0 Å². The molecule has 2 heterocycles. The number of rotatable bonds is 3. The highest BCUT2D eigenvalue weighted by Crippen LogP contribution is 2.30. The van der Waals surface area contributed by atoms with Crippen LogP contribution in [0.3, 0.4) is 0 Å². The molecule has 1 atom stereocenters. The van der Waals surface area contributed by atoms with E-state index in [1.165, 1.54) is 5.56 Å². The second-order valence-corrected chi connectivity index (χ2v) is 6.02. The Morgan fingerprint density at radius 1 is 1.26 bits per heavy atom. The van der Waals surface area contributed by atoms with Gasteiger partial charge in [-0.1, -0.05) is 6.07 Å². The summed E-state index contributed by atoms with van der Waals surface area (Å²) in [6.45, 7) is 7.70. The van der Waals surface area contributed by atoms with Crippen LogP contribution in [0.2, 0.25) is 0 Å². The van der Waals surface area contributed by atoms with Crippen LogP contribution in [-0.4, -0.2) is 31.3 Å². The molecule has 2 N–H and O–H groups in total. The van der Waals surface area contributed by atoms with E-state index in [1.54, 1.807) is 0 Å². The molecule has 104 valence electrons. The summed E-state index contributed by atoms with van der Waals surface area (Å²) in [5.41, 5.74) is 1.50. The van der Waals surface area contributed by atoms with Gasteiger partial charge in [-0.05, 0) is 38.0 Å². The largest absolute Gasteiger partial charge is 0.486 e. The van der Waals surface area contributed by atoms with Crippen LogP contribution in [0.1, 0.15) is 25.8 Å². The molecule has 1 fully saturated rings. The predicted octanol–water partition coefficient (Wildman–Crippen LogP) is 1.69. The van der Waals surface area contributed by atoms with Crippen LogP contribution in [0.15, 0.2) is 18.2 Å². The fourth-order valence-corrected chi connectivity index (χ4v) is 2.76. The van der Waals surface area contributed by atoms with Crippen molar-refractivity contribution in [1.29, 1.82) is 0 Å². The third-order valence-electron chi connectivity index (χ3n) is 3.79. The first kappa shape index (κ1) is 12.8. The topological polar surface area (TPSA) is 42.5 Å². The Kier molecular flexibility index (Phi) is 3.37. The summed E-state index contributed by atoms with van der Waals surface area (Å²) in [6, 6.07) is 6.73. The van der Waals surface area contributed by atoms with Crippen molar-refractivity contribution in [3.8, 4) is 11.5 Å². The molecule has 2 aliphatic heterocycles. The molecular formula is C15H22N2O2. The molecule has 1 aromatic carbocycles. The lowest BCUT2D eigenvalue weighted by atomic mass is 10.0. The van der Waals surface area contributed by atoms with Gasteiger partial charge in [-0.3, -0.25) is 0 Å². The van der Waals surface area contributed by atoms with E-state index in [2.05, 4.69) is 36.6 Å². The van der Waals surface area contributed by atoms with E-state index in [0.29, 0.717) is 19.3 Å². The average molecular weight is 262 g/mol. The van der Waals surface area contributed by atoms with Gasteiger partial charge in [-0.25, -0.2) is 0 Å². The molecule has 0 amide bonds. The normalized spacial score (nSPS) is 24.4. The Bertz CT molecular complexity index is 459. The maximum atomic E-state index is 5.60. The van der Waals surface area contributed by atoms with Gasteiger partial charge >= 0.3 is 0 Å². The number of nitrogens with one attached hydrogen (secondary N) is 2. The fraction of sp³-hybridized carbons (Fsp3) is 0.600. The summed E-state index contributed by atoms with van der Waals surface area (Å²) in [7, 11) is 0. The molecule has 19 heavy (non-hydrogen) atoms. The van der Waals surface area contributed by atoms with Crippen molar-refractivity contribution in [2.24, 2.45) is 0 Å². The summed E-state index contributed by atoms with van der Waals surface area (Å²) in [5.74, 6) is 1.73. The Morgan fingerprint density at radius 2 is 2.05 bits per heavy atom. The Hall–Kier alpha value is -1.26. The Balaban J connectivity index is 1.58. The molecular weight excluding hydrogens is 240 g/mol. The highest BCUT2D eigenvalue weighted by atomic mass is 16.6. The van der Waals surface area contributed by atoms with E-state index in [0.717, 1.165) is 31.0 Å². The maximum absolute atomic E-state index is 5.60. The van der Waals surface area contributed by atoms with Crippen molar-refractivity contribution in [2.75, 3.05) is 19.8 Å². The van der Waals surface area contributed by atoms with Crippen molar-refractivity contribution >= 4 is 0 Å². The molecule has 3 rings (SSSR count). The van der Waals surface area contributed by atoms with Gasteiger partial charge in [0, 0.05) is 24.7 Å². The van der Waals surface area contributed by atoms with E-state index >= 15 is 0 Å². The summed E-state index contributed by atoms with van der Waals surface area (Å²) < 4.78 is 11.1. The van der Waals surface area contributed by atoms with E-state index in [1.807, 2.05) is 6.07 Å². The second kappa shape index (κ2) is 5.02. The minimum Gasteiger partial charge on any atom is -0.486 e. The number of hydrogen-bond donors (Lipinski definition) is 2. The molecule has 4 nitrogen and oxygen atoms in total. The van der Waals surface area contributed by atoms with Gasteiger partial charge in [0.15, 0.2) is 11.5 Å². The Labute approximate surface area is 114 Å². The van der Waals surface area contributed by atoms with Gasteiger partial charge in [0.25, 0.3) is 0 Å². The van der Waals surface area contributed by atoms with Gasteiger partial charge in [-0.2, -0.15) is 0 Å². The number of ether oxygens (including phenoxy) is 2. The SMILES string of the molecule is CC1(C)CC(NCc2ccc3c(c2)OCCO3)CN1. The number of benzene rings is 1. The standard InChI is InChI=1S/C15H22N2O2/c1-15(2)8-12(10-17-15)16-9-11-3-4-13-14(7-11)19-6-5-18-13/h3-4,7,12,16-17H,5-6,8-10H2,1-2H3. The lowest BCUT2D eigenvalue weighted by Gasteiger charge is -2.20. The summed E-state index contributed by atoms with van der Waals surface area (Å²) in [4.78, 5) is 0. The van der Waals surface area contributed by atoms with Gasteiger partial charge in [0.1, 0.15) is 13.2 Å². The summed E-state index contributed by atoms with van der Waals surface area (Å²) in [5, 5.41) is 7.13. The fourth-order valence-electron chi connectivity index (χ4n) is 2.76. The molecule has 1 unspecified atom stereocenters. The highest BCUT2D eigenvalue weighted by Gasteiger charge is 2.29. The lowest BCUT2D eigenvalue weighted by Crippen LogP contribution is -2.31. The minimum atomic E-state index is 0.254. The van der Waals surface area contributed by atoms with Gasteiger partial charge in [-0.15, -0.1) is 0 Å². The average Bonchev–Trinajstić information content (AvgIpc) is 2.76. The van der Waals surface area contributed by atoms with Crippen LogP contribution in [0.4, 0.5) is 0 Å². The smallest absolute Gasteiger partial charge is 0.161 e. The second-order valence-electron chi connectivity index (χ2n) is 6.02. The van der Waals surface area contributed by atoms with E-state index in [4.69, 9.17) is 9.47 Å². The lowest BCUT2D eigenvalue weighted by molar-refractivity contribution is 0.171. The predicted molar refractivity (Wildman–Crippen MR) is 74.8 cm³/mol. The highest BCUT2D eigenvalue weighted by molar-refractivity contribution is 5.43. The molecule has 0 saturated carbocycles. The maximum Gasteiger partial charge on any atom is 0.161 e. The third kappa shape index (κ3) is 3.01. The molecule has 1 aromatic rings. The zero-order valence-electron chi connectivity index (χ0n) is 11.7. The van der Waals surface area contributed by atoms with Crippen molar-refractivity contribution in [3.05, 3.63) is 23.8 Å². The van der Waals surface area contributed by atoms with Crippen LogP contribution < -0.4 is 20.1 Å². The van der Waals surface area contributed by atoms with Gasteiger partial charge in [0.2, 0.25) is 0 Å². The van der Waals surface area contributed by atoms with Crippen LogP contribution >= 0.6 is 0 Å². The molecule has 0 aliphatic carbocycles. The monoisotopic (exact) mass is 262 g/mol. The molecule has 1 saturated heterocycles. The first-order valence-corrected chi connectivity index (χ1v) is 6.99. The van der Waals surface area contributed by atoms with Crippen LogP contribution in [-0.2, 0) is 6.54 Å². The van der Waals surface area contributed by atoms with Crippen molar-refractivity contribution in [2.45, 2.75) is 38.4 Å². The molecule has 0 bridgehead atoms. The molecule has 2 aliphatic rings. The zero-order chi connectivity index (χ0) is 13.3. The number of hydrogen-bond acceptors (Lipinski definition) is 4. The number of fused-ring (bicyclic) bond motifs is 1. The summed E-state index contributed by atoms with van der Waals surface area (Å²) in [6.07, 6.45) is 1.16. The molecule has 0 aromatic heterocycles.